The molecule has 0 aromatic carbocycles. The summed E-state index contributed by atoms with van der Waals surface area (Å²) < 4.78 is 43.2. The Morgan fingerprint density at radius 1 is 1.19 bits per heavy atom. The van der Waals surface area contributed by atoms with Crippen molar-refractivity contribution in [2.45, 2.75) is 58.8 Å². The van der Waals surface area contributed by atoms with Crippen LogP contribution in [0, 0.1) is 5.41 Å². The minimum atomic E-state index is -4.29. The minimum absolute atomic E-state index is 0.0766. The molecule has 3 heterocycles. The first-order valence-electron chi connectivity index (χ1n) is 8.89. The Morgan fingerprint density at radius 3 is 2.50 bits per heavy atom. The highest BCUT2D eigenvalue weighted by Gasteiger charge is 2.45. The number of anilines is 1. The Kier molecular flexibility index (Phi) is 4.56. The Balaban J connectivity index is 2.07. The number of rotatable bonds is 2. The third kappa shape index (κ3) is 3.46. The molecule has 1 unspecified atom stereocenters. The first kappa shape index (κ1) is 18.8. The lowest BCUT2D eigenvalue weighted by atomic mass is 9.97. The second-order valence-corrected chi connectivity index (χ2v) is 8.25. The van der Waals surface area contributed by atoms with Crippen molar-refractivity contribution >= 4 is 17.0 Å². The molecule has 0 N–H and O–H groups in total. The van der Waals surface area contributed by atoms with E-state index in [0.717, 1.165) is 0 Å². The second-order valence-electron chi connectivity index (χ2n) is 8.25. The molecule has 2 aromatic heterocycles. The SMILES string of the molecule is Cn1c(=O)n(CC(C)(C)C)c2ccc(N3CCCCC3C(F)(F)F)nc21. The van der Waals surface area contributed by atoms with E-state index in [2.05, 4.69) is 4.98 Å². The zero-order valence-electron chi connectivity index (χ0n) is 15.6. The molecule has 144 valence electrons. The van der Waals surface area contributed by atoms with E-state index >= 15 is 0 Å². The maximum atomic E-state index is 13.4. The van der Waals surface area contributed by atoms with Crippen LogP contribution in [0.4, 0.5) is 19.0 Å². The van der Waals surface area contributed by atoms with Crippen molar-refractivity contribution in [1.29, 1.82) is 0 Å². The highest BCUT2D eigenvalue weighted by molar-refractivity contribution is 5.74. The van der Waals surface area contributed by atoms with Gasteiger partial charge in [0.25, 0.3) is 0 Å². The van der Waals surface area contributed by atoms with Crippen molar-refractivity contribution in [3.05, 3.63) is 22.6 Å². The number of alkyl halides is 3. The molecule has 0 bridgehead atoms. The molecule has 0 spiro atoms. The topological polar surface area (TPSA) is 43.1 Å². The molecule has 1 fully saturated rings. The molecule has 0 amide bonds. The predicted molar refractivity (Wildman–Crippen MR) is 95.5 cm³/mol. The zero-order chi connectivity index (χ0) is 19.3. The third-order valence-electron chi connectivity index (χ3n) is 4.77. The number of hydrogen-bond acceptors (Lipinski definition) is 3. The van der Waals surface area contributed by atoms with E-state index in [1.165, 1.54) is 9.47 Å². The lowest BCUT2D eigenvalue weighted by molar-refractivity contribution is -0.152. The number of hydrogen-bond donors (Lipinski definition) is 0. The Labute approximate surface area is 150 Å². The largest absolute Gasteiger partial charge is 0.408 e. The van der Waals surface area contributed by atoms with Gasteiger partial charge in [0.2, 0.25) is 0 Å². The average molecular weight is 370 g/mol. The fourth-order valence-corrected chi connectivity index (χ4v) is 3.60. The van der Waals surface area contributed by atoms with E-state index in [9.17, 15) is 18.0 Å². The first-order valence-corrected chi connectivity index (χ1v) is 8.89. The number of aryl methyl sites for hydroxylation is 1. The van der Waals surface area contributed by atoms with Crippen LogP contribution in [0.2, 0.25) is 0 Å². The lowest BCUT2D eigenvalue weighted by Crippen LogP contribution is -2.49. The summed E-state index contributed by atoms with van der Waals surface area (Å²) in [6.45, 7) is 6.92. The number of fused-ring (bicyclic) bond motifs is 1. The van der Waals surface area contributed by atoms with Crippen molar-refractivity contribution in [3.63, 3.8) is 0 Å². The van der Waals surface area contributed by atoms with E-state index in [0.29, 0.717) is 37.1 Å². The molecule has 5 nitrogen and oxygen atoms in total. The van der Waals surface area contributed by atoms with E-state index in [4.69, 9.17) is 0 Å². The molecule has 26 heavy (non-hydrogen) atoms. The Bertz CT molecular complexity index is 860. The van der Waals surface area contributed by atoms with Crippen LogP contribution in [0.3, 0.4) is 0 Å². The maximum Gasteiger partial charge on any atom is 0.408 e. The molecule has 3 rings (SSSR count). The molecule has 1 aliphatic heterocycles. The van der Waals surface area contributed by atoms with Crippen LogP contribution in [0.15, 0.2) is 16.9 Å². The van der Waals surface area contributed by atoms with Gasteiger partial charge in [-0.25, -0.2) is 9.78 Å². The molecule has 8 heteroatoms. The average Bonchev–Trinajstić information content (AvgIpc) is 2.77. The van der Waals surface area contributed by atoms with Crippen LogP contribution in [0.5, 0.6) is 0 Å². The summed E-state index contributed by atoms with van der Waals surface area (Å²) in [7, 11) is 1.61. The number of imidazole rings is 1. The minimum Gasteiger partial charge on any atom is -0.345 e. The van der Waals surface area contributed by atoms with Gasteiger partial charge in [0.05, 0.1) is 5.52 Å². The van der Waals surface area contributed by atoms with Gasteiger partial charge >= 0.3 is 11.9 Å². The first-order chi connectivity index (χ1) is 12.0. The van der Waals surface area contributed by atoms with Gasteiger partial charge < -0.3 is 4.90 Å². The molecule has 0 radical (unpaired) electrons. The number of halogens is 3. The Morgan fingerprint density at radius 2 is 1.88 bits per heavy atom. The van der Waals surface area contributed by atoms with Crippen LogP contribution < -0.4 is 10.6 Å². The molecule has 1 aliphatic rings. The van der Waals surface area contributed by atoms with E-state index in [1.807, 2.05) is 20.8 Å². The highest BCUT2D eigenvalue weighted by atomic mass is 19.4. The summed E-state index contributed by atoms with van der Waals surface area (Å²) in [6, 6.07) is 1.80. The summed E-state index contributed by atoms with van der Waals surface area (Å²) in [4.78, 5) is 18.3. The number of piperidine rings is 1. The predicted octanol–water partition coefficient (Wildman–Crippen LogP) is 3.70. The van der Waals surface area contributed by atoms with Crippen LogP contribution in [0.1, 0.15) is 40.0 Å². The number of nitrogens with zero attached hydrogens (tertiary/aromatic N) is 4. The summed E-state index contributed by atoms with van der Waals surface area (Å²) in [5.74, 6) is 0.281. The van der Waals surface area contributed by atoms with E-state index < -0.39 is 12.2 Å². The fraction of sp³-hybridized carbons (Fsp3) is 0.667. The van der Waals surface area contributed by atoms with Crippen LogP contribution in [-0.4, -0.2) is 32.9 Å². The molecule has 2 aromatic rings. The Hall–Kier alpha value is -1.99. The van der Waals surface area contributed by atoms with Gasteiger partial charge in [-0.15, -0.1) is 0 Å². The fourth-order valence-electron chi connectivity index (χ4n) is 3.60. The number of aromatic nitrogens is 3. The van der Waals surface area contributed by atoms with Crippen molar-refractivity contribution in [2.75, 3.05) is 11.4 Å². The summed E-state index contributed by atoms with van der Waals surface area (Å²) in [5.41, 5.74) is 0.760. The molecule has 1 saturated heterocycles. The van der Waals surface area contributed by atoms with Gasteiger partial charge in [0.1, 0.15) is 11.9 Å². The quantitative estimate of drug-likeness (QED) is 0.810. The molecule has 0 aliphatic carbocycles. The van der Waals surface area contributed by atoms with Crippen LogP contribution in [0.25, 0.3) is 11.2 Å². The van der Waals surface area contributed by atoms with E-state index in [-0.39, 0.29) is 23.3 Å². The van der Waals surface area contributed by atoms with E-state index in [1.54, 1.807) is 23.7 Å². The van der Waals surface area contributed by atoms with Crippen molar-refractivity contribution < 1.29 is 13.2 Å². The summed E-state index contributed by atoms with van der Waals surface area (Å²) in [6.07, 6.45) is -2.95. The van der Waals surface area contributed by atoms with Gasteiger partial charge in [-0.1, -0.05) is 20.8 Å². The lowest BCUT2D eigenvalue weighted by Gasteiger charge is -2.37. The molecule has 1 atom stereocenters. The maximum absolute atomic E-state index is 13.4. The standard InChI is InChI=1S/C18H25F3N4O/c1-17(2,3)11-25-12-8-9-14(22-15(12)23(4)16(25)26)24-10-6-5-7-13(24)18(19,20)21/h8-9,13H,5-7,10-11H2,1-4H3. The monoisotopic (exact) mass is 370 g/mol. The van der Waals surface area contributed by atoms with Crippen LogP contribution >= 0.6 is 0 Å². The van der Waals surface area contributed by atoms with Crippen molar-refractivity contribution in [2.24, 2.45) is 12.5 Å². The molecule has 0 saturated carbocycles. The second kappa shape index (κ2) is 6.32. The van der Waals surface area contributed by atoms with Crippen molar-refractivity contribution in [1.82, 2.24) is 14.1 Å². The zero-order valence-corrected chi connectivity index (χ0v) is 15.6. The van der Waals surface area contributed by atoms with Gasteiger partial charge in [-0.05, 0) is 36.8 Å². The van der Waals surface area contributed by atoms with Gasteiger partial charge in [0.15, 0.2) is 5.65 Å². The van der Waals surface area contributed by atoms with Gasteiger partial charge in [-0.2, -0.15) is 13.2 Å². The van der Waals surface area contributed by atoms with Crippen LogP contribution in [-0.2, 0) is 13.6 Å². The number of pyridine rings is 1. The van der Waals surface area contributed by atoms with Gasteiger partial charge in [-0.3, -0.25) is 9.13 Å². The molecular formula is C18H25F3N4O. The highest BCUT2D eigenvalue weighted by Crippen LogP contribution is 2.35. The molecular weight excluding hydrogens is 345 g/mol. The smallest absolute Gasteiger partial charge is 0.345 e. The van der Waals surface area contributed by atoms with Crippen molar-refractivity contribution in [3.8, 4) is 0 Å². The summed E-state index contributed by atoms with van der Waals surface area (Å²) >= 11 is 0. The normalized spacial score (nSPS) is 19.3. The summed E-state index contributed by atoms with van der Waals surface area (Å²) in [5, 5.41) is 0. The third-order valence-corrected chi connectivity index (χ3v) is 4.77. The van der Waals surface area contributed by atoms with Gasteiger partial charge in [0, 0.05) is 20.1 Å².